The van der Waals surface area contributed by atoms with Gasteiger partial charge < -0.3 is 14.5 Å². The fraction of sp³-hybridized carbons (Fsp3) is 0.353. The summed E-state index contributed by atoms with van der Waals surface area (Å²) in [4.78, 5) is 35.7. The van der Waals surface area contributed by atoms with Crippen LogP contribution < -0.4 is 10.7 Å². The first kappa shape index (κ1) is 18.0. The van der Waals surface area contributed by atoms with Crippen LogP contribution >= 0.6 is 11.6 Å². The van der Waals surface area contributed by atoms with Crippen molar-refractivity contribution in [1.82, 2.24) is 5.32 Å². The Bertz CT molecular complexity index is 814. The molecule has 0 bridgehead atoms. The molecule has 0 aliphatic carbocycles. The van der Waals surface area contributed by atoms with Crippen molar-refractivity contribution in [2.75, 3.05) is 6.61 Å². The number of rotatable bonds is 6. The average Bonchev–Trinajstić information content (AvgIpc) is 2.53. The van der Waals surface area contributed by atoms with Crippen molar-refractivity contribution >= 4 is 34.4 Å². The highest BCUT2D eigenvalue weighted by atomic mass is 35.5. The van der Waals surface area contributed by atoms with E-state index in [1.54, 1.807) is 6.07 Å². The summed E-state index contributed by atoms with van der Waals surface area (Å²) in [5, 5.41) is 3.37. The number of hydrogen-bond donors (Lipinski definition) is 1. The van der Waals surface area contributed by atoms with E-state index in [9.17, 15) is 14.4 Å². The Labute approximate surface area is 143 Å². The summed E-state index contributed by atoms with van der Waals surface area (Å²) in [6, 6.07) is 5.53. The monoisotopic (exact) mass is 351 g/mol. The molecule has 1 aromatic carbocycles. The van der Waals surface area contributed by atoms with Crippen LogP contribution in [0.5, 0.6) is 0 Å². The Morgan fingerprint density at radius 3 is 2.79 bits per heavy atom. The maximum atomic E-state index is 12.0. The molecule has 1 aromatic heterocycles. The Hall–Kier alpha value is -2.34. The van der Waals surface area contributed by atoms with Crippen LogP contribution in [0.2, 0.25) is 5.02 Å². The van der Waals surface area contributed by atoms with Crippen molar-refractivity contribution < 1.29 is 18.7 Å². The van der Waals surface area contributed by atoms with Gasteiger partial charge in [-0.2, -0.15) is 0 Å². The minimum atomic E-state index is -0.873. The second-order valence-electron chi connectivity index (χ2n) is 5.45. The number of ether oxygens (including phenoxy) is 1. The normalized spacial score (nSPS) is 12.0. The number of nitrogens with one attached hydrogen (secondary N) is 1. The summed E-state index contributed by atoms with van der Waals surface area (Å²) in [6.45, 7) is 3.45. The molecule has 0 radical (unpaired) electrons. The molecule has 0 spiro atoms. The summed E-state index contributed by atoms with van der Waals surface area (Å²) in [6.07, 6.45) is 1.77. The summed E-state index contributed by atoms with van der Waals surface area (Å²) >= 11 is 5.82. The lowest BCUT2D eigenvalue weighted by Gasteiger charge is -2.12. The molecular formula is C17H18ClNO5. The predicted molar refractivity (Wildman–Crippen MR) is 90.3 cm³/mol. The van der Waals surface area contributed by atoms with Gasteiger partial charge in [-0.1, -0.05) is 24.9 Å². The smallest absolute Gasteiger partial charge is 0.374 e. The summed E-state index contributed by atoms with van der Waals surface area (Å²) < 4.78 is 10.2. The van der Waals surface area contributed by atoms with E-state index in [2.05, 4.69) is 5.32 Å². The average molecular weight is 352 g/mol. The van der Waals surface area contributed by atoms with Crippen LogP contribution in [-0.2, 0) is 9.53 Å². The van der Waals surface area contributed by atoms with Gasteiger partial charge >= 0.3 is 5.97 Å². The van der Waals surface area contributed by atoms with E-state index in [1.807, 2.05) is 13.8 Å². The van der Waals surface area contributed by atoms with Crippen LogP contribution in [0.25, 0.3) is 11.0 Å². The van der Waals surface area contributed by atoms with Crippen LogP contribution in [0.1, 0.15) is 37.2 Å². The molecule has 24 heavy (non-hydrogen) atoms. The molecule has 0 aliphatic heterocycles. The van der Waals surface area contributed by atoms with E-state index < -0.39 is 23.9 Å². The third kappa shape index (κ3) is 4.58. The van der Waals surface area contributed by atoms with Gasteiger partial charge in [0.25, 0.3) is 5.91 Å². The molecule has 1 heterocycles. The van der Waals surface area contributed by atoms with Crippen molar-refractivity contribution in [3.8, 4) is 0 Å². The van der Waals surface area contributed by atoms with Crippen LogP contribution in [0.15, 0.2) is 33.5 Å². The van der Waals surface area contributed by atoms with E-state index in [-0.39, 0.29) is 22.8 Å². The van der Waals surface area contributed by atoms with Crippen LogP contribution in [0.4, 0.5) is 0 Å². The van der Waals surface area contributed by atoms with E-state index >= 15 is 0 Å². The number of carbonyl (C=O) groups excluding carboxylic acids is 2. The van der Waals surface area contributed by atoms with Gasteiger partial charge in [0.05, 0.1) is 5.39 Å². The lowest BCUT2D eigenvalue weighted by atomic mass is 10.2. The highest BCUT2D eigenvalue weighted by molar-refractivity contribution is 6.31. The van der Waals surface area contributed by atoms with Crippen molar-refractivity contribution in [3.05, 3.63) is 45.3 Å². The van der Waals surface area contributed by atoms with Crippen LogP contribution in [0.3, 0.4) is 0 Å². The van der Waals surface area contributed by atoms with E-state index in [1.165, 1.54) is 12.1 Å². The van der Waals surface area contributed by atoms with Crippen LogP contribution in [-0.4, -0.2) is 24.5 Å². The number of fused-ring (bicyclic) bond motifs is 1. The van der Waals surface area contributed by atoms with Gasteiger partial charge in [-0.15, -0.1) is 0 Å². The summed E-state index contributed by atoms with van der Waals surface area (Å²) in [5.41, 5.74) is -0.188. The topological polar surface area (TPSA) is 85.6 Å². The number of halogens is 1. The van der Waals surface area contributed by atoms with Gasteiger partial charge in [0.15, 0.2) is 12.0 Å². The molecule has 0 saturated carbocycles. The Balaban J connectivity index is 2.05. The van der Waals surface area contributed by atoms with Gasteiger partial charge in [0.1, 0.15) is 5.58 Å². The summed E-state index contributed by atoms with van der Waals surface area (Å²) in [5.74, 6) is -1.54. The quantitative estimate of drug-likeness (QED) is 0.809. The third-order valence-electron chi connectivity index (χ3n) is 3.35. The first-order valence-electron chi connectivity index (χ1n) is 7.60. The zero-order valence-corrected chi connectivity index (χ0v) is 14.2. The molecule has 1 atom stereocenters. The maximum absolute atomic E-state index is 12.0. The lowest BCUT2D eigenvalue weighted by molar-refractivity contribution is -0.124. The second-order valence-corrected chi connectivity index (χ2v) is 5.89. The standard InChI is InChI=1S/C17H18ClNO5/c1-3-4-10(2)19-16(21)9-23-17(22)15-8-13(20)12-7-11(18)5-6-14(12)24-15/h5-8,10H,3-4,9H2,1-2H3,(H,19,21)/t10-/m0/s1. The predicted octanol–water partition coefficient (Wildman–Crippen LogP) is 2.91. The summed E-state index contributed by atoms with van der Waals surface area (Å²) in [7, 11) is 0. The van der Waals surface area contributed by atoms with E-state index in [4.69, 9.17) is 20.8 Å². The Morgan fingerprint density at radius 2 is 2.08 bits per heavy atom. The molecule has 1 N–H and O–H groups in total. The molecule has 0 aliphatic rings. The first-order chi connectivity index (χ1) is 11.4. The van der Waals surface area contributed by atoms with E-state index in [0.717, 1.165) is 18.9 Å². The molecular weight excluding hydrogens is 334 g/mol. The SMILES string of the molecule is CCC[C@H](C)NC(=O)COC(=O)c1cc(=O)c2cc(Cl)ccc2o1. The van der Waals surface area contributed by atoms with Crippen LogP contribution in [0, 0.1) is 0 Å². The number of amides is 1. The molecule has 2 aromatic rings. The zero-order valence-electron chi connectivity index (χ0n) is 13.4. The van der Waals surface area contributed by atoms with Gasteiger partial charge in [-0.3, -0.25) is 9.59 Å². The number of benzene rings is 1. The Kier molecular flexibility index (Phi) is 5.98. The molecule has 0 saturated heterocycles. The van der Waals surface area contributed by atoms with Gasteiger partial charge in [-0.25, -0.2) is 4.79 Å². The van der Waals surface area contributed by atoms with Gasteiger partial charge in [0.2, 0.25) is 5.76 Å². The van der Waals surface area contributed by atoms with Gasteiger partial charge in [0, 0.05) is 17.1 Å². The molecule has 1 amide bonds. The third-order valence-corrected chi connectivity index (χ3v) is 3.59. The molecule has 0 fully saturated rings. The fourth-order valence-electron chi connectivity index (χ4n) is 2.25. The van der Waals surface area contributed by atoms with Crippen molar-refractivity contribution in [1.29, 1.82) is 0 Å². The fourth-order valence-corrected chi connectivity index (χ4v) is 2.43. The highest BCUT2D eigenvalue weighted by Crippen LogP contribution is 2.18. The van der Waals surface area contributed by atoms with Crippen molar-refractivity contribution in [3.63, 3.8) is 0 Å². The minimum Gasteiger partial charge on any atom is -0.450 e. The second kappa shape index (κ2) is 7.97. The zero-order chi connectivity index (χ0) is 17.7. The van der Waals surface area contributed by atoms with Gasteiger partial charge in [-0.05, 0) is 31.5 Å². The van der Waals surface area contributed by atoms with E-state index in [0.29, 0.717) is 5.02 Å². The molecule has 2 rings (SSSR count). The minimum absolute atomic E-state index is 0.00421. The van der Waals surface area contributed by atoms with Crippen molar-refractivity contribution in [2.24, 2.45) is 0 Å². The molecule has 7 heteroatoms. The lowest BCUT2D eigenvalue weighted by Crippen LogP contribution is -2.35. The number of hydrogen-bond acceptors (Lipinski definition) is 5. The first-order valence-corrected chi connectivity index (χ1v) is 7.98. The molecule has 6 nitrogen and oxygen atoms in total. The number of carbonyl (C=O) groups is 2. The molecule has 128 valence electrons. The highest BCUT2D eigenvalue weighted by Gasteiger charge is 2.16. The number of esters is 1. The largest absolute Gasteiger partial charge is 0.450 e. The maximum Gasteiger partial charge on any atom is 0.374 e. The molecule has 0 unspecified atom stereocenters. The Morgan fingerprint density at radius 1 is 1.33 bits per heavy atom. The van der Waals surface area contributed by atoms with Crippen molar-refractivity contribution in [2.45, 2.75) is 32.7 Å².